The summed E-state index contributed by atoms with van der Waals surface area (Å²) in [6.45, 7) is 9.53. The standard InChI is InChI=1S/C12H18N2OS/c1-9-11(7-6-8-13-9)10(2)14-16(15)12(3,4)5/h6-8H,1-5H3/b14-10+/t16-/m0/s1. The summed E-state index contributed by atoms with van der Waals surface area (Å²) in [5.74, 6) is 0. The van der Waals surface area contributed by atoms with E-state index in [0.717, 1.165) is 17.0 Å². The first kappa shape index (κ1) is 13.2. The molecular weight excluding hydrogens is 220 g/mol. The third-order valence-electron chi connectivity index (χ3n) is 2.14. The molecule has 1 rings (SSSR count). The average molecular weight is 238 g/mol. The van der Waals surface area contributed by atoms with E-state index in [2.05, 4.69) is 9.38 Å². The van der Waals surface area contributed by atoms with Crippen LogP contribution in [0.3, 0.4) is 0 Å². The summed E-state index contributed by atoms with van der Waals surface area (Å²) in [7, 11) is 0. The molecule has 3 nitrogen and oxygen atoms in total. The lowest BCUT2D eigenvalue weighted by Gasteiger charge is -2.18. The molecule has 16 heavy (non-hydrogen) atoms. The molecule has 0 bridgehead atoms. The predicted molar refractivity (Wildman–Crippen MR) is 69.1 cm³/mol. The van der Waals surface area contributed by atoms with Crippen molar-refractivity contribution in [1.29, 1.82) is 0 Å². The van der Waals surface area contributed by atoms with Crippen molar-refractivity contribution in [2.75, 3.05) is 0 Å². The number of aryl methyl sites for hydroxylation is 1. The van der Waals surface area contributed by atoms with Gasteiger partial charge in [0.15, 0.2) is 0 Å². The Hall–Kier alpha value is -0.870. The van der Waals surface area contributed by atoms with E-state index in [1.807, 2.05) is 46.8 Å². The van der Waals surface area contributed by atoms with E-state index in [4.69, 9.17) is 0 Å². The van der Waals surface area contributed by atoms with Crippen LogP contribution in [0.25, 0.3) is 0 Å². The maximum atomic E-state index is 11.9. The molecular formula is C12H18N2OS. The molecule has 0 unspecified atom stereocenters. The lowest BCUT2D eigenvalue weighted by molar-refractivity contribution is 0.561. The van der Waals surface area contributed by atoms with Crippen molar-refractivity contribution in [3.05, 3.63) is 29.6 Å². The first-order valence-electron chi connectivity index (χ1n) is 5.21. The molecule has 0 saturated heterocycles. The van der Waals surface area contributed by atoms with Crippen LogP contribution in [0.5, 0.6) is 0 Å². The normalized spacial score (nSPS) is 15.0. The zero-order valence-electron chi connectivity index (χ0n) is 10.4. The van der Waals surface area contributed by atoms with Gasteiger partial charge in [0.2, 0.25) is 0 Å². The summed E-state index contributed by atoms with van der Waals surface area (Å²) in [5, 5.41) is 0. The van der Waals surface area contributed by atoms with E-state index in [1.54, 1.807) is 6.20 Å². The van der Waals surface area contributed by atoms with Gasteiger partial charge in [-0.1, -0.05) is 4.40 Å². The second-order valence-electron chi connectivity index (χ2n) is 4.67. The largest absolute Gasteiger partial charge is 0.591 e. The van der Waals surface area contributed by atoms with Crippen LogP contribution in [0.2, 0.25) is 0 Å². The highest BCUT2D eigenvalue weighted by Crippen LogP contribution is 2.18. The van der Waals surface area contributed by atoms with Crippen LogP contribution < -0.4 is 0 Å². The van der Waals surface area contributed by atoms with Gasteiger partial charge in [0.05, 0.1) is 5.71 Å². The minimum atomic E-state index is -1.22. The van der Waals surface area contributed by atoms with Crippen LogP contribution in [0.4, 0.5) is 0 Å². The van der Waals surface area contributed by atoms with Gasteiger partial charge in [-0.3, -0.25) is 4.98 Å². The van der Waals surface area contributed by atoms with Crippen molar-refractivity contribution in [1.82, 2.24) is 4.98 Å². The summed E-state index contributed by atoms with van der Waals surface area (Å²) in [5.41, 5.74) is 2.65. The van der Waals surface area contributed by atoms with Crippen molar-refractivity contribution < 1.29 is 4.55 Å². The van der Waals surface area contributed by atoms with Gasteiger partial charge in [-0.2, -0.15) is 0 Å². The van der Waals surface area contributed by atoms with E-state index in [-0.39, 0.29) is 4.75 Å². The first-order chi connectivity index (χ1) is 7.32. The molecule has 0 amide bonds. The van der Waals surface area contributed by atoms with E-state index in [9.17, 15) is 4.55 Å². The van der Waals surface area contributed by atoms with E-state index in [0.29, 0.717) is 0 Å². The van der Waals surface area contributed by atoms with Crippen molar-refractivity contribution in [3.63, 3.8) is 0 Å². The van der Waals surface area contributed by atoms with Crippen LogP contribution in [0, 0.1) is 6.92 Å². The third-order valence-corrected chi connectivity index (χ3v) is 3.63. The van der Waals surface area contributed by atoms with Gasteiger partial charge < -0.3 is 4.55 Å². The molecule has 0 radical (unpaired) electrons. The fraction of sp³-hybridized carbons (Fsp3) is 0.500. The number of pyridine rings is 1. The summed E-state index contributed by atoms with van der Waals surface area (Å²) in [6.07, 6.45) is 1.74. The molecule has 0 aliphatic carbocycles. The molecule has 1 aromatic heterocycles. The Morgan fingerprint density at radius 1 is 1.44 bits per heavy atom. The Morgan fingerprint density at radius 3 is 2.56 bits per heavy atom. The lowest BCUT2D eigenvalue weighted by Crippen LogP contribution is -2.26. The van der Waals surface area contributed by atoms with Crippen LogP contribution in [0.1, 0.15) is 39.0 Å². The topological polar surface area (TPSA) is 48.3 Å². The first-order valence-corrected chi connectivity index (χ1v) is 6.32. The van der Waals surface area contributed by atoms with E-state index in [1.165, 1.54) is 0 Å². The minimum Gasteiger partial charge on any atom is -0.591 e. The number of hydrogen-bond donors (Lipinski definition) is 0. The number of hydrogen-bond acceptors (Lipinski definition) is 3. The molecule has 1 heterocycles. The quantitative estimate of drug-likeness (QED) is 0.587. The Labute approximate surface area is 100 Å². The summed E-state index contributed by atoms with van der Waals surface area (Å²) in [4.78, 5) is 4.19. The molecule has 0 aliphatic rings. The SMILES string of the molecule is C/C(=N\[S@@+]([O-])C(C)(C)C)c1cccnc1C. The van der Waals surface area contributed by atoms with Gasteiger partial charge in [0.1, 0.15) is 16.1 Å². The molecule has 1 aromatic rings. The van der Waals surface area contributed by atoms with Gasteiger partial charge in [0, 0.05) is 17.5 Å². The van der Waals surface area contributed by atoms with Crippen molar-refractivity contribution >= 4 is 17.1 Å². The number of rotatable bonds is 2. The van der Waals surface area contributed by atoms with E-state index >= 15 is 0 Å². The van der Waals surface area contributed by atoms with Crippen LogP contribution in [-0.2, 0) is 11.4 Å². The van der Waals surface area contributed by atoms with Crippen molar-refractivity contribution in [2.24, 2.45) is 4.40 Å². The molecule has 88 valence electrons. The fourth-order valence-corrected chi connectivity index (χ4v) is 1.80. The van der Waals surface area contributed by atoms with Gasteiger partial charge in [-0.25, -0.2) is 0 Å². The van der Waals surface area contributed by atoms with Gasteiger partial charge in [-0.15, -0.1) is 0 Å². The average Bonchev–Trinajstić information content (AvgIpc) is 2.16. The summed E-state index contributed by atoms with van der Waals surface area (Å²) in [6, 6.07) is 3.81. The Balaban J connectivity index is 2.99. The van der Waals surface area contributed by atoms with Crippen LogP contribution in [0.15, 0.2) is 22.7 Å². The van der Waals surface area contributed by atoms with Gasteiger partial charge in [-0.05, 0) is 46.8 Å². The van der Waals surface area contributed by atoms with Crippen molar-refractivity contribution in [3.8, 4) is 0 Å². The fourth-order valence-electron chi connectivity index (χ4n) is 1.18. The molecule has 0 aromatic carbocycles. The second kappa shape index (κ2) is 4.97. The molecule has 0 spiro atoms. The predicted octanol–water partition coefficient (Wildman–Crippen LogP) is 2.66. The minimum absolute atomic E-state index is 0.322. The zero-order valence-corrected chi connectivity index (χ0v) is 11.3. The van der Waals surface area contributed by atoms with E-state index < -0.39 is 11.4 Å². The van der Waals surface area contributed by atoms with Gasteiger partial charge in [0.25, 0.3) is 0 Å². The highest BCUT2D eigenvalue weighted by molar-refractivity contribution is 7.91. The zero-order chi connectivity index (χ0) is 12.3. The molecule has 0 saturated carbocycles. The summed E-state index contributed by atoms with van der Waals surface area (Å²) >= 11 is -1.22. The Morgan fingerprint density at radius 2 is 2.06 bits per heavy atom. The Bertz CT molecular complexity index is 396. The molecule has 0 fully saturated rings. The van der Waals surface area contributed by atoms with Crippen molar-refractivity contribution in [2.45, 2.75) is 39.4 Å². The lowest BCUT2D eigenvalue weighted by atomic mass is 10.1. The highest BCUT2D eigenvalue weighted by Gasteiger charge is 2.26. The third kappa shape index (κ3) is 3.32. The Kier molecular flexibility index (Phi) is 4.10. The maximum absolute atomic E-state index is 11.9. The summed E-state index contributed by atoms with van der Waals surface area (Å²) < 4.78 is 15.8. The van der Waals surface area contributed by atoms with Crippen LogP contribution in [-0.4, -0.2) is 20.0 Å². The smallest absolute Gasteiger partial charge is 0.144 e. The second-order valence-corrected chi connectivity index (χ2v) is 6.58. The maximum Gasteiger partial charge on any atom is 0.144 e. The highest BCUT2D eigenvalue weighted by atomic mass is 32.2. The molecule has 0 aliphatic heterocycles. The number of nitrogens with zero attached hydrogens (tertiary/aromatic N) is 2. The monoisotopic (exact) mass is 238 g/mol. The van der Waals surface area contributed by atoms with Gasteiger partial charge >= 0.3 is 0 Å². The van der Waals surface area contributed by atoms with Crippen LogP contribution >= 0.6 is 0 Å². The molecule has 1 atom stereocenters. The number of aromatic nitrogens is 1. The molecule has 0 N–H and O–H groups in total. The molecule has 4 heteroatoms.